The van der Waals surface area contributed by atoms with Gasteiger partial charge in [0, 0.05) is 24.0 Å². The van der Waals surface area contributed by atoms with Crippen LogP contribution in [-0.4, -0.2) is 41.8 Å². The lowest BCUT2D eigenvalue weighted by molar-refractivity contribution is -0.153. The van der Waals surface area contributed by atoms with Crippen LogP contribution in [0.1, 0.15) is 6.92 Å². The number of benzene rings is 1. The molecule has 144 valence electrons. The summed E-state index contributed by atoms with van der Waals surface area (Å²) in [5.41, 5.74) is -0.897. The van der Waals surface area contributed by atoms with Gasteiger partial charge in [-0.15, -0.1) is 0 Å². The molecule has 0 radical (unpaired) electrons. The van der Waals surface area contributed by atoms with Gasteiger partial charge in [0.25, 0.3) is 11.5 Å². The number of esters is 1. The molecule has 0 saturated heterocycles. The molecule has 1 aromatic heterocycles. The molecule has 27 heavy (non-hydrogen) atoms. The van der Waals surface area contributed by atoms with Crippen molar-refractivity contribution < 1.29 is 23.8 Å². The van der Waals surface area contributed by atoms with E-state index in [1.54, 1.807) is 18.2 Å². The Morgan fingerprint density at radius 2 is 1.85 bits per heavy atom. The van der Waals surface area contributed by atoms with Gasteiger partial charge in [-0.3, -0.25) is 23.9 Å². The fourth-order valence-corrected chi connectivity index (χ4v) is 2.15. The summed E-state index contributed by atoms with van der Waals surface area (Å²) in [6, 6.07) is 5.88. The Hall–Kier alpha value is -3.56. The molecule has 0 aliphatic carbocycles. The molecule has 0 aliphatic rings. The highest BCUT2D eigenvalue weighted by Crippen LogP contribution is 2.29. The molecule has 0 unspecified atom stereocenters. The van der Waals surface area contributed by atoms with Crippen molar-refractivity contribution in [2.45, 2.75) is 19.6 Å². The molecule has 0 saturated carbocycles. The first-order valence-electron chi connectivity index (χ1n) is 7.86. The molecule has 2 rings (SSSR count). The van der Waals surface area contributed by atoms with E-state index in [0.29, 0.717) is 17.2 Å². The number of anilines is 1. The second-order valence-electron chi connectivity index (χ2n) is 5.43. The Kier molecular flexibility index (Phi) is 6.36. The third kappa shape index (κ3) is 5.21. The van der Waals surface area contributed by atoms with E-state index in [1.165, 1.54) is 21.1 Å². The number of hydrogen-bond acceptors (Lipinski definition) is 7. The van der Waals surface area contributed by atoms with Crippen LogP contribution >= 0.6 is 0 Å². The minimum atomic E-state index is -1.11. The zero-order chi connectivity index (χ0) is 20.0. The first kappa shape index (κ1) is 19.8. The lowest BCUT2D eigenvalue weighted by Gasteiger charge is -2.15. The minimum Gasteiger partial charge on any atom is -0.493 e. The molecule has 0 aliphatic heterocycles. The number of hydrogen-bond donors (Lipinski definition) is 2. The van der Waals surface area contributed by atoms with Crippen molar-refractivity contribution in [2.75, 3.05) is 19.5 Å². The number of nitrogens with one attached hydrogen (secondary N) is 2. The first-order chi connectivity index (χ1) is 12.8. The number of amides is 1. The van der Waals surface area contributed by atoms with Gasteiger partial charge in [-0.2, -0.15) is 0 Å². The topological polar surface area (TPSA) is 129 Å². The van der Waals surface area contributed by atoms with E-state index >= 15 is 0 Å². The molecule has 1 aromatic carbocycles. The van der Waals surface area contributed by atoms with Crippen molar-refractivity contribution in [2.24, 2.45) is 0 Å². The van der Waals surface area contributed by atoms with E-state index < -0.39 is 35.8 Å². The predicted octanol–water partition coefficient (Wildman–Crippen LogP) is 0.124. The molecule has 1 atom stereocenters. The van der Waals surface area contributed by atoms with Crippen molar-refractivity contribution in [1.29, 1.82) is 0 Å². The van der Waals surface area contributed by atoms with Crippen molar-refractivity contribution in [1.82, 2.24) is 9.55 Å². The monoisotopic (exact) mass is 377 g/mol. The van der Waals surface area contributed by atoms with E-state index in [4.69, 9.17) is 14.2 Å². The maximum atomic E-state index is 12.2. The van der Waals surface area contributed by atoms with Crippen LogP contribution in [0.5, 0.6) is 11.5 Å². The Labute approximate surface area is 153 Å². The maximum Gasteiger partial charge on any atom is 0.328 e. The predicted molar refractivity (Wildman–Crippen MR) is 95.1 cm³/mol. The Bertz CT molecular complexity index is 948. The minimum absolute atomic E-state index is 0.428. The van der Waals surface area contributed by atoms with Crippen LogP contribution in [-0.2, 0) is 20.9 Å². The third-order valence-corrected chi connectivity index (χ3v) is 3.52. The number of rotatable bonds is 7. The van der Waals surface area contributed by atoms with Crippen LogP contribution in [0.15, 0.2) is 40.1 Å². The van der Waals surface area contributed by atoms with Crippen LogP contribution in [0.3, 0.4) is 0 Å². The summed E-state index contributed by atoms with van der Waals surface area (Å²) in [5.74, 6) is -0.442. The molecule has 1 heterocycles. The molecule has 1 amide bonds. The SMILES string of the molecule is COc1ccc(NC(=O)[C@@H](C)OC(=O)Cn2ccc(=O)[nH]c2=O)cc1OC. The Balaban J connectivity index is 1.97. The summed E-state index contributed by atoms with van der Waals surface area (Å²) in [6.45, 7) is 0.952. The zero-order valence-corrected chi connectivity index (χ0v) is 15.0. The summed E-state index contributed by atoms with van der Waals surface area (Å²) in [7, 11) is 2.96. The molecule has 0 fully saturated rings. The number of aromatic nitrogens is 2. The first-order valence-corrected chi connectivity index (χ1v) is 7.86. The summed E-state index contributed by atoms with van der Waals surface area (Å²) in [6.07, 6.45) is 0.0561. The fourth-order valence-electron chi connectivity index (χ4n) is 2.15. The van der Waals surface area contributed by atoms with Crippen molar-refractivity contribution in [3.05, 3.63) is 51.3 Å². The van der Waals surface area contributed by atoms with Gasteiger partial charge in [-0.25, -0.2) is 4.79 Å². The average Bonchev–Trinajstić information content (AvgIpc) is 2.63. The van der Waals surface area contributed by atoms with Gasteiger partial charge < -0.3 is 19.5 Å². The maximum absolute atomic E-state index is 12.2. The van der Waals surface area contributed by atoms with Crippen LogP contribution in [0.2, 0.25) is 0 Å². The number of H-pyrrole nitrogens is 1. The van der Waals surface area contributed by atoms with Gasteiger partial charge in [0.05, 0.1) is 14.2 Å². The van der Waals surface area contributed by atoms with Gasteiger partial charge in [-0.1, -0.05) is 0 Å². The van der Waals surface area contributed by atoms with Gasteiger partial charge in [0.1, 0.15) is 6.54 Å². The largest absolute Gasteiger partial charge is 0.493 e. The Morgan fingerprint density at radius 3 is 2.48 bits per heavy atom. The van der Waals surface area contributed by atoms with Gasteiger partial charge in [-0.05, 0) is 19.1 Å². The highest BCUT2D eigenvalue weighted by Gasteiger charge is 2.19. The van der Waals surface area contributed by atoms with E-state index in [9.17, 15) is 19.2 Å². The molecule has 10 nitrogen and oxygen atoms in total. The molecule has 2 N–H and O–H groups in total. The van der Waals surface area contributed by atoms with Crippen molar-refractivity contribution in [3.8, 4) is 11.5 Å². The number of nitrogens with zero attached hydrogens (tertiary/aromatic N) is 1. The quantitative estimate of drug-likeness (QED) is 0.656. The molecule has 0 spiro atoms. The second kappa shape index (κ2) is 8.70. The number of carbonyl (C=O) groups excluding carboxylic acids is 2. The van der Waals surface area contributed by atoms with Gasteiger partial charge in [0.2, 0.25) is 0 Å². The smallest absolute Gasteiger partial charge is 0.328 e. The van der Waals surface area contributed by atoms with Gasteiger partial charge >= 0.3 is 11.7 Å². The van der Waals surface area contributed by atoms with Crippen LogP contribution in [0, 0.1) is 0 Å². The van der Waals surface area contributed by atoms with E-state index in [0.717, 1.165) is 16.8 Å². The average molecular weight is 377 g/mol. The molecular weight excluding hydrogens is 358 g/mol. The van der Waals surface area contributed by atoms with Crippen LogP contribution in [0.4, 0.5) is 5.69 Å². The zero-order valence-electron chi connectivity index (χ0n) is 15.0. The summed E-state index contributed by atoms with van der Waals surface area (Å²) in [4.78, 5) is 48.7. The van der Waals surface area contributed by atoms with Crippen molar-refractivity contribution in [3.63, 3.8) is 0 Å². The standard InChI is InChI=1S/C17H19N3O7/c1-10(27-15(22)9-20-7-6-14(21)19-17(20)24)16(23)18-11-4-5-12(25-2)13(8-11)26-3/h4-8,10H,9H2,1-3H3,(H,18,23)(H,19,21,24)/t10-/m1/s1. The number of methoxy groups -OCH3 is 2. The van der Waals surface area contributed by atoms with E-state index in [-0.39, 0.29) is 0 Å². The third-order valence-electron chi connectivity index (χ3n) is 3.52. The molecule has 0 bridgehead atoms. The molecule has 2 aromatic rings. The number of carbonyl (C=O) groups is 2. The number of ether oxygens (including phenoxy) is 3. The van der Waals surface area contributed by atoms with Gasteiger partial charge in [0.15, 0.2) is 17.6 Å². The van der Waals surface area contributed by atoms with E-state index in [1.807, 2.05) is 4.98 Å². The normalized spacial score (nSPS) is 11.4. The summed E-state index contributed by atoms with van der Waals surface area (Å²) < 4.78 is 16.2. The second-order valence-corrected chi connectivity index (χ2v) is 5.43. The summed E-state index contributed by atoms with van der Waals surface area (Å²) in [5, 5.41) is 2.59. The van der Waals surface area contributed by atoms with Crippen LogP contribution < -0.4 is 26.0 Å². The lowest BCUT2D eigenvalue weighted by atomic mass is 10.2. The van der Waals surface area contributed by atoms with E-state index in [2.05, 4.69) is 5.32 Å². The molecular formula is C17H19N3O7. The lowest BCUT2D eigenvalue weighted by Crippen LogP contribution is -2.34. The number of aromatic amines is 1. The molecule has 10 heteroatoms. The highest BCUT2D eigenvalue weighted by atomic mass is 16.5. The van der Waals surface area contributed by atoms with Crippen LogP contribution in [0.25, 0.3) is 0 Å². The van der Waals surface area contributed by atoms with Crippen molar-refractivity contribution >= 4 is 17.6 Å². The highest BCUT2D eigenvalue weighted by molar-refractivity contribution is 5.95. The fraction of sp³-hybridized carbons (Fsp3) is 0.294. The Morgan fingerprint density at radius 1 is 1.15 bits per heavy atom. The summed E-state index contributed by atoms with van der Waals surface area (Å²) >= 11 is 0.